The molecule has 0 aromatic heterocycles. The van der Waals surface area contributed by atoms with Crippen LogP contribution in [0.4, 0.5) is 0 Å². The number of carboxylic acids is 1. The summed E-state index contributed by atoms with van der Waals surface area (Å²) in [6.45, 7) is 2.76. The Morgan fingerprint density at radius 1 is 0.577 bits per heavy atom. The van der Waals surface area contributed by atoms with Crippen molar-refractivity contribution in [3.8, 4) is 0 Å². The van der Waals surface area contributed by atoms with Gasteiger partial charge in [0, 0.05) is 12.8 Å². The van der Waals surface area contributed by atoms with Crippen LogP contribution in [0.15, 0.2) is 24.3 Å². The van der Waals surface area contributed by atoms with Gasteiger partial charge in [0.25, 0.3) is 0 Å². The first kappa shape index (κ1) is 50.0. The van der Waals surface area contributed by atoms with Crippen molar-refractivity contribution in [2.24, 2.45) is 5.73 Å². The predicted octanol–water partition coefficient (Wildman–Crippen LogP) is 10.3. The van der Waals surface area contributed by atoms with Gasteiger partial charge in [-0.3, -0.25) is 23.4 Å². The number of hydrogen-bond donors (Lipinski definition) is 3. The molecule has 0 radical (unpaired) electrons. The van der Waals surface area contributed by atoms with Crippen molar-refractivity contribution in [3.63, 3.8) is 0 Å². The van der Waals surface area contributed by atoms with Crippen LogP contribution in [0.3, 0.4) is 0 Å². The van der Waals surface area contributed by atoms with Gasteiger partial charge in [-0.2, -0.15) is 0 Å². The molecule has 0 aliphatic carbocycles. The summed E-state index contributed by atoms with van der Waals surface area (Å²) in [5.41, 5.74) is 5.32. The van der Waals surface area contributed by atoms with Gasteiger partial charge in [0.2, 0.25) is 0 Å². The Balaban J connectivity index is 4.43. The lowest BCUT2D eigenvalue weighted by Crippen LogP contribution is -2.34. The van der Waals surface area contributed by atoms with E-state index in [1.165, 1.54) is 77.0 Å². The summed E-state index contributed by atoms with van der Waals surface area (Å²) in [5, 5.41) is 8.87. The van der Waals surface area contributed by atoms with Crippen LogP contribution in [0.5, 0.6) is 0 Å². The normalized spacial score (nSPS) is 14.1. The van der Waals surface area contributed by atoms with Crippen molar-refractivity contribution < 1.29 is 47.5 Å². The second-order valence-corrected chi connectivity index (χ2v) is 15.2. The molecule has 0 rings (SSSR count). The molecule has 11 nitrogen and oxygen atoms in total. The minimum atomic E-state index is -4.71. The number of allylic oxidation sites excluding steroid dienone is 4. The molecule has 0 saturated heterocycles. The molecule has 0 aliphatic rings. The number of phosphoric ester groups is 1. The fraction of sp³-hybridized carbons (Fsp3) is 0.825. The van der Waals surface area contributed by atoms with E-state index < -0.39 is 51.1 Å². The summed E-state index contributed by atoms with van der Waals surface area (Å²) >= 11 is 0. The van der Waals surface area contributed by atoms with Crippen LogP contribution in [0.2, 0.25) is 0 Å². The zero-order valence-electron chi connectivity index (χ0n) is 32.7. The maximum absolute atomic E-state index is 12.6. The number of carbonyl (C=O) groups is 3. The molecule has 304 valence electrons. The number of aliphatic carboxylic acids is 1. The van der Waals surface area contributed by atoms with E-state index in [0.717, 1.165) is 64.2 Å². The molecule has 0 aromatic carbocycles. The first-order chi connectivity index (χ1) is 25.1. The monoisotopic (exact) mass is 760 g/mol. The average molecular weight is 760 g/mol. The van der Waals surface area contributed by atoms with E-state index in [1.54, 1.807) is 0 Å². The van der Waals surface area contributed by atoms with E-state index in [4.69, 9.17) is 24.8 Å². The highest BCUT2D eigenvalue weighted by molar-refractivity contribution is 7.47. The molecule has 0 bridgehead atoms. The van der Waals surface area contributed by atoms with Crippen molar-refractivity contribution in [1.82, 2.24) is 0 Å². The van der Waals surface area contributed by atoms with Crippen molar-refractivity contribution in [1.29, 1.82) is 0 Å². The largest absolute Gasteiger partial charge is 0.480 e. The van der Waals surface area contributed by atoms with Gasteiger partial charge in [0.05, 0.1) is 13.2 Å². The molecule has 0 saturated carbocycles. The quantitative estimate of drug-likeness (QED) is 0.0237. The summed E-state index contributed by atoms with van der Waals surface area (Å²) in [7, 11) is -4.71. The highest BCUT2D eigenvalue weighted by atomic mass is 31.2. The molecule has 3 atom stereocenters. The van der Waals surface area contributed by atoms with E-state index in [2.05, 4.69) is 42.7 Å². The number of carboxylic acid groups (broad SMARTS) is 1. The standard InChI is InChI=1S/C40H74NO10P/c1-3-5-7-9-11-13-15-17-18-20-21-23-25-27-29-31-38(42)48-33-36(34-49-52(46,47)50-35-37(41)40(44)45)51-39(43)32-30-28-26-24-22-19-16-14-12-10-8-6-4-2/h17-19,22,36-37H,3-16,20-21,23-35,41H2,1-2H3,(H,44,45)(H,46,47)/b18-17+,22-19+/t36-,37+/m1/s1. The van der Waals surface area contributed by atoms with Gasteiger partial charge < -0.3 is 25.2 Å². The van der Waals surface area contributed by atoms with E-state index in [9.17, 15) is 23.8 Å². The number of carbonyl (C=O) groups excluding carboxylic acids is 2. The molecule has 52 heavy (non-hydrogen) atoms. The highest BCUT2D eigenvalue weighted by Gasteiger charge is 2.28. The smallest absolute Gasteiger partial charge is 0.472 e. The lowest BCUT2D eigenvalue weighted by Gasteiger charge is -2.20. The Bertz CT molecular complexity index is 989. The fourth-order valence-corrected chi connectivity index (χ4v) is 6.18. The summed E-state index contributed by atoms with van der Waals surface area (Å²) in [5.74, 6) is -2.41. The minimum absolute atomic E-state index is 0.140. The molecular formula is C40H74NO10P. The summed E-state index contributed by atoms with van der Waals surface area (Å²) < 4.78 is 32.6. The molecule has 0 spiro atoms. The van der Waals surface area contributed by atoms with Crippen LogP contribution in [0.1, 0.15) is 181 Å². The number of esters is 2. The van der Waals surface area contributed by atoms with Gasteiger partial charge in [-0.1, -0.05) is 128 Å². The van der Waals surface area contributed by atoms with Crippen LogP contribution in [-0.2, 0) is 37.5 Å². The molecule has 12 heteroatoms. The van der Waals surface area contributed by atoms with Gasteiger partial charge in [-0.05, 0) is 64.2 Å². The number of nitrogens with two attached hydrogens (primary N) is 1. The Labute approximate surface area is 315 Å². The average Bonchev–Trinajstić information content (AvgIpc) is 3.12. The predicted molar refractivity (Wildman–Crippen MR) is 208 cm³/mol. The van der Waals surface area contributed by atoms with Gasteiger partial charge in [-0.25, -0.2) is 4.57 Å². The maximum Gasteiger partial charge on any atom is 0.472 e. The second kappa shape index (κ2) is 36.0. The van der Waals surface area contributed by atoms with Crippen molar-refractivity contribution >= 4 is 25.7 Å². The third-order valence-corrected chi connectivity index (χ3v) is 9.62. The molecule has 0 fully saturated rings. The van der Waals surface area contributed by atoms with E-state index in [0.29, 0.717) is 12.8 Å². The molecule has 0 aliphatic heterocycles. The summed E-state index contributed by atoms with van der Waals surface area (Å²) in [6, 6.07) is -1.52. The lowest BCUT2D eigenvalue weighted by molar-refractivity contribution is -0.161. The van der Waals surface area contributed by atoms with E-state index >= 15 is 0 Å². The first-order valence-electron chi connectivity index (χ1n) is 20.4. The van der Waals surface area contributed by atoms with E-state index in [1.807, 2.05) is 0 Å². The van der Waals surface area contributed by atoms with Crippen LogP contribution in [0.25, 0.3) is 0 Å². The third-order valence-electron chi connectivity index (χ3n) is 8.67. The number of hydrogen-bond acceptors (Lipinski definition) is 9. The maximum atomic E-state index is 12.6. The number of phosphoric acid groups is 1. The van der Waals surface area contributed by atoms with Crippen molar-refractivity contribution in [2.75, 3.05) is 19.8 Å². The Kier molecular flexibility index (Phi) is 34.6. The van der Waals surface area contributed by atoms with E-state index in [-0.39, 0.29) is 19.4 Å². The van der Waals surface area contributed by atoms with Crippen LogP contribution < -0.4 is 5.73 Å². The fourth-order valence-electron chi connectivity index (χ4n) is 5.41. The van der Waals surface area contributed by atoms with Crippen molar-refractivity contribution in [3.05, 3.63) is 24.3 Å². The zero-order valence-corrected chi connectivity index (χ0v) is 33.5. The molecule has 4 N–H and O–H groups in total. The summed E-state index contributed by atoms with van der Waals surface area (Å²) in [6.07, 6.45) is 35.3. The Morgan fingerprint density at radius 3 is 1.42 bits per heavy atom. The van der Waals surface area contributed by atoms with Crippen molar-refractivity contribution in [2.45, 2.75) is 193 Å². The zero-order chi connectivity index (χ0) is 38.5. The molecule has 0 heterocycles. The van der Waals surface area contributed by atoms with Gasteiger partial charge >= 0.3 is 25.7 Å². The molecule has 0 amide bonds. The minimum Gasteiger partial charge on any atom is -0.480 e. The molecular weight excluding hydrogens is 685 g/mol. The Morgan fingerprint density at radius 2 is 0.962 bits per heavy atom. The molecule has 1 unspecified atom stereocenters. The second-order valence-electron chi connectivity index (χ2n) is 13.8. The topological polar surface area (TPSA) is 172 Å². The third kappa shape index (κ3) is 35.0. The van der Waals surface area contributed by atoms with Gasteiger partial charge in [0.15, 0.2) is 6.10 Å². The number of unbranched alkanes of at least 4 members (excludes halogenated alkanes) is 20. The SMILES string of the molecule is CCCCCCCC/C=C/CCCCCCCC(=O)OC[C@H](COP(=O)(O)OC[C@H](N)C(=O)O)OC(=O)CCCCC/C=C/CCCCCCCC. The lowest BCUT2D eigenvalue weighted by atomic mass is 10.1. The molecule has 0 aromatic rings. The number of ether oxygens (including phenoxy) is 2. The van der Waals surface area contributed by atoms with Crippen LogP contribution in [-0.4, -0.2) is 59.9 Å². The van der Waals surface area contributed by atoms with Crippen LogP contribution in [0, 0.1) is 0 Å². The number of rotatable bonds is 38. The van der Waals surface area contributed by atoms with Gasteiger partial charge in [-0.15, -0.1) is 0 Å². The Hall–Kier alpha value is -2.04. The summed E-state index contributed by atoms with van der Waals surface area (Å²) in [4.78, 5) is 45.8. The first-order valence-corrected chi connectivity index (χ1v) is 21.9. The van der Waals surface area contributed by atoms with Gasteiger partial charge in [0.1, 0.15) is 12.6 Å². The van der Waals surface area contributed by atoms with Crippen LogP contribution >= 0.6 is 7.82 Å². The highest BCUT2D eigenvalue weighted by Crippen LogP contribution is 2.43.